The fourth-order valence-corrected chi connectivity index (χ4v) is 5.95. The summed E-state index contributed by atoms with van der Waals surface area (Å²) >= 11 is 8.58. The number of ketones is 1. The molecule has 0 fully saturated rings. The molecule has 0 bridgehead atoms. The third kappa shape index (κ3) is 4.87. The summed E-state index contributed by atoms with van der Waals surface area (Å²) in [6.45, 7) is 0. The lowest BCUT2D eigenvalue weighted by Crippen LogP contribution is -2.31. The summed E-state index contributed by atoms with van der Waals surface area (Å²) in [4.78, 5) is 28.0. The fourth-order valence-electron chi connectivity index (χ4n) is 4.00. The van der Waals surface area contributed by atoms with Gasteiger partial charge in [0.1, 0.15) is 0 Å². The van der Waals surface area contributed by atoms with Gasteiger partial charge in [0.15, 0.2) is 27.4 Å². The van der Waals surface area contributed by atoms with Gasteiger partial charge in [0.05, 0.1) is 32.1 Å². The van der Waals surface area contributed by atoms with Crippen LogP contribution in [0.1, 0.15) is 27.7 Å². The van der Waals surface area contributed by atoms with Gasteiger partial charge in [0.25, 0.3) is 5.91 Å². The Balaban J connectivity index is 1.52. The number of amides is 1. The van der Waals surface area contributed by atoms with Crippen molar-refractivity contribution in [1.82, 2.24) is 10.2 Å². The number of ether oxygens (including phenoxy) is 2. The van der Waals surface area contributed by atoms with Crippen LogP contribution in [0.3, 0.4) is 0 Å². The smallest absolute Gasteiger partial charge is 0.296 e. The largest absolute Gasteiger partial charge is 0.503 e. The molecule has 0 radical (unpaired) electrons. The number of benzene rings is 2. The zero-order valence-electron chi connectivity index (χ0n) is 20.1. The molecule has 0 saturated carbocycles. The quantitative estimate of drug-likeness (QED) is 0.150. The number of aromatic nitrogens is 2. The fraction of sp³-hybridized carbons (Fsp3) is 0.154. The van der Waals surface area contributed by atoms with Gasteiger partial charge in [0.2, 0.25) is 10.9 Å². The summed E-state index contributed by atoms with van der Waals surface area (Å²) in [7, 11) is 2.99. The molecule has 12 heteroatoms. The molecule has 1 aliphatic heterocycles. The summed E-state index contributed by atoms with van der Waals surface area (Å²) in [6.07, 6.45) is 1.35. The third-order valence-corrected chi connectivity index (χ3v) is 8.18. The van der Waals surface area contributed by atoms with Gasteiger partial charge in [-0.15, -0.1) is 10.2 Å². The number of methoxy groups -OCH3 is 2. The van der Waals surface area contributed by atoms with Crippen LogP contribution in [0.2, 0.25) is 5.02 Å². The first-order valence-electron chi connectivity index (χ1n) is 11.2. The molecule has 38 heavy (non-hydrogen) atoms. The number of thioether (sulfide) groups is 1. The first kappa shape index (κ1) is 25.8. The molecule has 1 atom stereocenters. The van der Waals surface area contributed by atoms with Crippen LogP contribution in [0, 0.1) is 0 Å². The molecule has 9 nitrogen and oxygen atoms in total. The van der Waals surface area contributed by atoms with Gasteiger partial charge in [-0.2, -0.15) is 0 Å². The highest BCUT2D eigenvalue weighted by atomic mass is 35.5. The lowest BCUT2D eigenvalue weighted by Gasteiger charge is -2.24. The van der Waals surface area contributed by atoms with Crippen LogP contribution in [0.15, 0.2) is 80.9 Å². The van der Waals surface area contributed by atoms with E-state index in [4.69, 9.17) is 25.5 Å². The van der Waals surface area contributed by atoms with Gasteiger partial charge in [-0.25, -0.2) is 0 Å². The van der Waals surface area contributed by atoms with E-state index in [0.29, 0.717) is 32.2 Å². The van der Waals surface area contributed by atoms with Crippen LogP contribution < -0.4 is 14.4 Å². The molecule has 0 saturated heterocycles. The average Bonchev–Trinajstić information content (AvgIpc) is 3.68. The van der Waals surface area contributed by atoms with Crippen molar-refractivity contribution in [1.29, 1.82) is 0 Å². The SMILES string of the molecule is COc1ccc(C2C(C(=O)c3ccco3)=C(O)C(=O)N2c2nnc(SCc3ccc(Cl)cc3)s2)cc1OC. The van der Waals surface area contributed by atoms with Crippen molar-refractivity contribution in [2.75, 3.05) is 19.1 Å². The number of carbonyl (C=O) groups excluding carboxylic acids is 2. The zero-order chi connectivity index (χ0) is 26.8. The second kappa shape index (κ2) is 10.9. The summed E-state index contributed by atoms with van der Waals surface area (Å²) in [6, 6.07) is 14.5. The lowest BCUT2D eigenvalue weighted by atomic mass is 9.95. The second-order valence-electron chi connectivity index (χ2n) is 8.03. The maximum Gasteiger partial charge on any atom is 0.296 e. The molecular weight excluding hydrogens is 550 g/mol. The molecule has 2 aromatic heterocycles. The minimum Gasteiger partial charge on any atom is -0.503 e. The number of carbonyl (C=O) groups is 2. The number of Topliss-reactive ketones (excluding diaryl/α,β-unsaturated/α-hetero) is 1. The Kier molecular flexibility index (Phi) is 7.41. The van der Waals surface area contributed by atoms with E-state index in [-0.39, 0.29) is 16.5 Å². The van der Waals surface area contributed by atoms with Gasteiger partial charge in [0, 0.05) is 10.8 Å². The molecule has 194 valence electrons. The van der Waals surface area contributed by atoms with E-state index >= 15 is 0 Å². The Labute approximate surface area is 230 Å². The van der Waals surface area contributed by atoms with E-state index in [9.17, 15) is 14.7 Å². The highest BCUT2D eigenvalue weighted by Crippen LogP contribution is 2.45. The lowest BCUT2D eigenvalue weighted by molar-refractivity contribution is -0.117. The predicted molar refractivity (Wildman–Crippen MR) is 143 cm³/mol. The zero-order valence-corrected chi connectivity index (χ0v) is 22.5. The van der Waals surface area contributed by atoms with E-state index < -0.39 is 23.5 Å². The van der Waals surface area contributed by atoms with Crippen LogP contribution >= 0.6 is 34.7 Å². The van der Waals surface area contributed by atoms with Gasteiger partial charge >= 0.3 is 0 Å². The van der Waals surface area contributed by atoms with Crippen LogP contribution in [0.4, 0.5) is 5.13 Å². The number of hydrogen-bond donors (Lipinski definition) is 1. The van der Waals surface area contributed by atoms with Crippen molar-refractivity contribution < 1.29 is 28.6 Å². The van der Waals surface area contributed by atoms with Gasteiger partial charge < -0.3 is 19.0 Å². The Morgan fingerprint density at radius 2 is 1.89 bits per heavy atom. The van der Waals surface area contributed by atoms with Gasteiger partial charge in [-0.05, 0) is 47.5 Å². The molecule has 1 aliphatic rings. The molecule has 0 spiro atoms. The van der Waals surface area contributed by atoms with Crippen molar-refractivity contribution in [3.05, 3.63) is 94.1 Å². The minimum atomic E-state index is -1.01. The molecule has 4 aromatic rings. The van der Waals surface area contributed by atoms with Crippen LogP contribution in [-0.4, -0.2) is 41.2 Å². The van der Waals surface area contributed by atoms with E-state index in [1.807, 2.05) is 24.3 Å². The summed E-state index contributed by atoms with van der Waals surface area (Å²) in [5, 5.41) is 20.2. The molecule has 3 heterocycles. The second-order valence-corrected chi connectivity index (χ2v) is 10.6. The first-order valence-corrected chi connectivity index (χ1v) is 13.4. The maximum absolute atomic E-state index is 13.4. The molecule has 1 unspecified atom stereocenters. The van der Waals surface area contributed by atoms with E-state index in [0.717, 1.165) is 5.56 Å². The van der Waals surface area contributed by atoms with Crippen molar-refractivity contribution in [2.45, 2.75) is 16.1 Å². The summed E-state index contributed by atoms with van der Waals surface area (Å²) in [5.74, 6) is -0.610. The van der Waals surface area contributed by atoms with Crippen LogP contribution in [0.5, 0.6) is 11.5 Å². The van der Waals surface area contributed by atoms with E-state index in [1.54, 1.807) is 24.3 Å². The molecule has 5 rings (SSSR count). The Morgan fingerprint density at radius 1 is 1.13 bits per heavy atom. The topological polar surface area (TPSA) is 115 Å². The average molecular weight is 570 g/mol. The van der Waals surface area contributed by atoms with Gasteiger partial charge in [-0.1, -0.05) is 52.9 Å². The minimum absolute atomic E-state index is 0.0110. The molecule has 1 N–H and O–H groups in total. The first-order chi connectivity index (χ1) is 18.4. The number of furan rings is 1. The van der Waals surface area contributed by atoms with E-state index in [1.165, 1.54) is 54.5 Å². The number of halogens is 1. The molecule has 2 aromatic carbocycles. The number of aliphatic hydroxyl groups is 1. The number of anilines is 1. The highest BCUT2D eigenvalue weighted by Gasteiger charge is 2.47. The van der Waals surface area contributed by atoms with Crippen molar-refractivity contribution in [3.63, 3.8) is 0 Å². The number of rotatable bonds is 9. The standard InChI is InChI=1S/C26H20ClN3O6S2/c1-34-17-10-7-15(12-19(17)35-2)21-20(22(31)18-4-3-11-36-18)23(32)24(33)30(21)25-28-29-26(38-25)37-13-14-5-8-16(27)9-6-14/h3-12,21,32H,13H2,1-2H3. The maximum atomic E-state index is 13.4. The predicted octanol–water partition coefficient (Wildman–Crippen LogP) is 5.88. The third-order valence-electron chi connectivity index (χ3n) is 5.80. The normalized spacial score (nSPS) is 15.3. The number of aliphatic hydroxyl groups excluding tert-OH is 1. The highest BCUT2D eigenvalue weighted by molar-refractivity contribution is 8.00. The molecular formula is C26H20ClN3O6S2. The Bertz CT molecular complexity index is 1520. The molecule has 0 aliphatic carbocycles. The summed E-state index contributed by atoms with van der Waals surface area (Å²) in [5.41, 5.74) is 1.41. The monoisotopic (exact) mass is 569 g/mol. The van der Waals surface area contributed by atoms with Crippen LogP contribution in [-0.2, 0) is 10.5 Å². The van der Waals surface area contributed by atoms with Crippen molar-refractivity contribution >= 4 is 51.5 Å². The Morgan fingerprint density at radius 3 is 2.58 bits per heavy atom. The Hall–Kier alpha value is -3.80. The molecule has 1 amide bonds. The van der Waals surface area contributed by atoms with Crippen molar-refractivity contribution in [2.24, 2.45) is 0 Å². The van der Waals surface area contributed by atoms with Crippen LogP contribution in [0.25, 0.3) is 0 Å². The number of hydrogen-bond acceptors (Lipinski definition) is 10. The van der Waals surface area contributed by atoms with E-state index in [2.05, 4.69) is 10.2 Å². The van der Waals surface area contributed by atoms with Gasteiger partial charge in [-0.3, -0.25) is 14.5 Å². The number of nitrogens with zero attached hydrogens (tertiary/aromatic N) is 3. The summed E-state index contributed by atoms with van der Waals surface area (Å²) < 4.78 is 16.7. The van der Waals surface area contributed by atoms with Crippen molar-refractivity contribution in [3.8, 4) is 11.5 Å².